The molecule has 0 fully saturated rings. The Morgan fingerprint density at radius 2 is 2.06 bits per heavy atom. The van der Waals surface area contributed by atoms with Crippen molar-refractivity contribution in [1.29, 1.82) is 0 Å². The summed E-state index contributed by atoms with van der Waals surface area (Å²) >= 11 is 0. The summed E-state index contributed by atoms with van der Waals surface area (Å²) in [6, 6.07) is 4.41. The van der Waals surface area contributed by atoms with Gasteiger partial charge in [-0.25, -0.2) is 4.39 Å². The number of halogens is 1. The molecule has 0 amide bonds. The fourth-order valence-electron chi connectivity index (χ4n) is 1.75. The maximum atomic E-state index is 13.9. The molecule has 0 saturated heterocycles. The SMILES string of the molecule is COc1ccc(C(CC(C)(C)OC)NN)c(F)c1. The van der Waals surface area contributed by atoms with Crippen molar-refractivity contribution in [3.8, 4) is 5.75 Å². The van der Waals surface area contributed by atoms with Gasteiger partial charge in [-0.15, -0.1) is 0 Å². The molecule has 0 saturated carbocycles. The van der Waals surface area contributed by atoms with Gasteiger partial charge in [-0.2, -0.15) is 0 Å². The zero-order chi connectivity index (χ0) is 13.8. The first-order chi connectivity index (χ1) is 8.43. The fraction of sp³-hybridized carbons (Fsp3) is 0.538. The Balaban J connectivity index is 2.95. The maximum absolute atomic E-state index is 13.9. The largest absolute Gasteiger partial charge is 0.497 e. The van der Waals surface area contributed by atoms with Gasteiger partial charge in [-0.3, -0.25) is 11.3 Å². The molecular weight excluding hydrogens is 235 g/mol. The number of ether oxygens (including phenoxy) is 2. The van der Waals surface area contributed by atoms with Gasteiger partial charge in [-0.1, -0.05) is 6.07 Å². The average molecular weight is 256 g/mol. The Labute approximate surface area is 107 Å². The van der Waals surface area contributed by atoms with Gasteiger partial charge in [0.15, 0.2) is 0 Å². The predicted molar refractivity (Wildman–Crippen MR) is 68.7 cm³/mol. The first-order valence-electron chi connectivity index (χ1n) is 5.78. The molecular formula is C13H21FN2O2. The van der Waals surface area contributed by atoms with Crippen LogP contribution in [-0.4, -0.2) is 19.8 Å². The van der Waals surface area contributed by atoms with E-state index in [9.17, 15) is 4.39 Å². The number of hydrogen-bond donors (Lipinski definition) is 2. The average Bonchev–Trinajstić information content (AvgIpc) is 2.36. The molecule has 0 aliphatic carbocycles. The number of nitrogens with one attached hydrogen (secondary N) is 1. The van der Waals surface area contributed by atoms with Crippen LogP contribution < -0.4 is 16.0 Å². The van der Waals surface area contributed by atoms with E-state index in [2.05, 4.69) is 5.43 Å². The van der Waals surface area contributed by atoms with Gasteiger partial charge in [0.2, 0.25) is 0 Å². The first-order valence-corrected chi connectivity index (χ1v) is 5.78. The van der Waals surface area contributed by atoms with Crippen LogP contribution in [0, 0.1) is 5.82 Å². The van der Waals surface area contributed by atoms with Crippen LogP contribution in [0.4, 0.5) is 4.39 Å². The van der Waals surface area contributed by atoms with E-state index in [0.717, 1.165) is 0 Å². The van der Waals surface area contributed by atoms with Gasteiger partial charge >= 0.3 is 0 Å². The molecule has 18 heavy (non-hydrogen) atoms. The summed E-state index contributed by atoms with van der Waals surface area (Å²) in [7, 11) is 3.12. The molecule has 1 unspecified atom stereocenters. The van der Waals surface area contributed by atoms with E-state index in [1.807, 2.05) is 13.8 Å². The van der Waals surface area contributed by atoms with Gasteiger partial charge in [0.25, 0.3) is 0 Å². The minimum Gasteiger partial charge on any atom is -0.497 e. The van der Waals surface area contributed by atoms with Crippen LogP contribution in [0.5, 0.6) is 5.75 Å². The summed E-state index contributed by atoms with van der Waals surface area (Å²) in [5, 5.41) is 0. The highest BCUT2D eigenvalue weighted by Gasteiger charge is 2.25. The molecule has 3 N–H and O–H groups in total. The zero-order valence-electron chi connectivity index (χ0n) is 11.3. The second-order valence-electron chi connectivity index (χ2n) is 4.77. The van der Waals surface area contributed by atoms with E-state index in [-0.39, 0.29) is 17.5 Å². The van der Waals surface area contributed by atoms with Gasteiger partial charge in [0, 0.05) is 18.7 Å². The molecule has 1 aromatic rings. The summed E-state index contributed by atoms with van der Waals surface area (Å²) in [6.45, 7) is 3.86. The highest BCUT2D eigenvalue weighted by molar-refractivity contribution is 5.31. The van der Waals surface area contributed by atoms with E-state index in [1.54, 1.807) is 19.2 Å². The monoisotopic (exact) mass is 256 g/mol. The van der Waals surface area contributed by atoms with Crippen molar-refractivity contribution in [3.05, 3.63) is 29.6 Å². The fourth-order valence-corrected chi connectivity index (χ4v) is 1.75. The van der Waals surface area contributed by atoms with Gasteiger partial charge in [0.05, 0.1) is 18.8 Å². The van der Waals surface area contributed by atoms with Crippen molar-refractivity contribution >= 4 is 0 Å². The van der Waals surface area contributed by atoms with E-state index in [4.69, 9.17) is 15.3 Å². The Kier molecular flexibility index (Phi) is 5.07. The number of methoxy groups -OCH3 is 2. The number of benzene rings is 1. The van der Waals surface area contributed by atoms with Crippen LogP contribution in [0.2, 0.25) is 0 Å². The third-order valence-corrected chi connectivity index (χ3v) is 3.03. The van der Waals surface area contributed by atoms with E-state index < -0.39 is 0 Å². The van der Waals surface area contributed by atoms with Crippen LogP contribution in [0.15, 0.2) is 18.2 Å². The summed E-state index contributed by atoms with van der Waals surface area (Å²) in [6.07, 6.45) is 0.559. The molecule has 0 spiro atoms. The van der Waals surface area contributed by atoms with Gasteiger partial charge in [-0.05, 0) is 26.3 Å². The number of hydrogen-bond acceptors (Lipinski definition) is 4. The number of hydrazine groups is 1. The summed E-state index contributed by atoms with van der Waals surface area (Å²) in [5.74, 6) is 5.64. The second kappa shape index (κ2) is 6.13. The van der Waals surface area contributed by atoms with E-state index in [0.29, 0.717) is 17.7 Å². The Bertz CT molecular complexity index is 397. The third kappa shape index (κ3) is 3.66. The molecule has 0 bridgehead atoms. The zero-order valence-corrected chi connectivity index (χ0v) is 11.3. The van der Waals surface area contributed by atoms with Crippen LogP contribution >= 0.6 is 0 Å². The normalized spacial score (nSPS) is 13.4. The molecule has 1 atom stereocenters. The lowest BCUT2D eigenvalue weighted by Crippen LogP contribution is -2.35. The van der Waals surface area contributed by atoms with Crippen LogP contribution in [0.3, 0.4) is 0 Å². The van der Waals surface area contributed by atoms with Crippen molar-refractivity contribution in [1.82, 2.24) is 5.43 Å². The third-order valence-electron chi connectivity index (χ3n) is 3.03. The second-order valence-corrected chi connectivity index (χ2v) is 4.77. The molecule has 0 aliphatic heterocycles. The van der Waals surface area contributed by atoms with E-state index in [1.165, 1.54) is 13.2 Å². The van der Waals surface area contributed by atoms with Crippen molar-refractivity contribution in [3.63, 3.8) is 0 Å². The van der Waals surface area contributed by atoms with Crippen molar-refractivity contribution in [2.75, 3.05) is 14.2 Å². The molecule has 0 aromatic heterocycles. The lowest BCUT2D eigenvalue weighted by atomic mass is 9.93. The molecule has 4 nitrogen and oxygen atoms in total. The van der Waals surface area contributed by atoms with Gasteiger partial charge in [0.1, 0.15) is 11.6 Å². The molecule has 0 heterocycles. The minimum absolute atomic E-state index is 0.314. The highest BCUT2D eigenvalue weighted by Crippen LogP contribution is 2.28. The minimum atomic E-state index is -0.386. The molecule has 1 rings (SSSR count). The topological polar surface area (TPSA) is 56.5 Å². The summed E-state index contributed by atoms with van der Waals surface area (Å²) in [5.41, 5.74) is 2.74. The lowest BCUT2D eigenvalue weighted by molar-refractivity contribution is 0.00655. The molecule has 102 valence electrons. The number of nitrogens with two attached hydrogens (primary N) is 1. The Morgan fingerprint density at radius 3 is 2.50 bits per heavy atom. The predicted octanol–water partition coefficient (Wildman–Crippen LogP) is 2.15. The van der Waals surface area contributed by atoms with Crippen LogP contribution in [-0.2, 0) is 4.74 Å². The van der Waals surface area contributed by atoms with Crippen molar-refractivity contribution in [2.45, 2.75) is 31.9 Å². The van der Waals surface area contributed by atoms with Crippen molar-refractivity contribution < 1.29 is 13.9 Å². The summed E-state index contributed by atoms with van der Waals surface area (Å²) < 4.78 is 24.2. The first kappa shape index (κ1) is 14.9. The Hall–Kier alpha value is -1.17. The van der Waals surface area contributed by atoms with Crippen LogP contribution in [0.1, 0.15) is 31.9 Å². The Morgan fingerprint density at radius 1 is 1.39 bits per heavy atom. The standard InChI is InChI=1S/C13H21FN2O2/c1-13(2,18-4)8-12(16-15)10-6-5-9(17-3)7-11(10)14/h5-7,12,16H,8,15H2,1-4H3. The highest BCUT2D eigenvalue weighted by atomic mass is 19.1. The lowest BCUT2D eigenvalue weighted by Gasteiger charge is -2.28. The maximum Gasteiger partial charge on any atom is 0.131 e. The quantitative estimate of drug-likeness (QED) is 0.605. The molecule has 1 aromatic carbocycles. The molecule has 5 heteroatoms. The smallest absolute Gasteiger partial charge is 0.131 e. The van der Waals surface area contributed by atoms with Crippen molar-refractivity contribution in [2.24, 2.45) is 5.84 Å². The van der Waals surface area contributed by atoms with E-state index >= 15 is 0 Å². The molecule has 0 radical (unpaired) electrons. The van der Waals surface area contributed by atoms with Crippen LogP contribution in [0.25, 0.3) is 0 Å². The number of rotatable bonds is 6. The summed E-state index contributed by atoms with van der Waals surface area (Å²) in [4.78, 5) is 0. The van der Waals surface area contributed by atoms with Gasteiger partial charge < -0.3 is 9.47 Å². The molecule has 0 aliphatic rings.